The predicted molar refractivity (Wildman–Crippen MR) is 108 cm³/mol. The Morgan fingerprint density at radius 1 is 1.04 bits per heavy atom. The number of phenols is 1. The summed E-state index contributed by atoms with van der Waals surface area (Å²) in [7, 11) is 0. The molecule has 3 aromatic rings. The van der Waals surface area contributed by atoms with Crippen molar-refractivity contribution in [1.82, 2.24) is 25.7 Å². The van der Waals surface area contributed by atoms with E-state index in [0.29, 0.717) is 29.3 Å². The van der Waals surface area contributed by atoms with Crippen LogP contribution in [0.5, 0.6) is 5.75 Å². The maximum Gasteiger partial charge on any atom is 0.148 e. The van der Waals surface area contributed by atoms with Crippen LogP contribution in [0.2, 0.25) is 0 Å². The molecule has 2 fully saturated rings. The van der Waals surface area contributed by atoms with E-state index in [1.807, 2.05) is 24.3 Å². The Hall–Kier alpha value is -2.93. The minimum absolute atomic E-state index is 0.180. The first-order valence-corrected chi connectivity index (χ1v) is 9.91. The molecule has 1 aromatic carbocycles. The van der Waals surface area contributed by atoms with Gasteiger partial charge >= 0.3 is 0 Å². The predicted octanol–water partition coefficient (Wildman–Crippen LogP) is 3.18. The largest absolute Gasteiger partial charge is 0.507 e. The maximum atomic E-state index is 10.4. The number of hydrogen-bond acceptors (Lipinski definition) is 6. The van der Waals surface area contributed by atoms with Crippen LogP contribution in [0.1, 0.15) is 25.7 Å². The van der Waals surface area contributed by atoms with Gasteiger partial charge in [0.2, 0.25) is 0 Å². The normalized spacial score (nSPS) is 23.6. The van der Waals surface area contributed by atoms with Crippen molar-refractivity contribution in [3.63, 3.8) is 0 Å². The lowest BCUT2D eigenvalue weighted by Crippen LogP contribution is -2.40. The third kappa shape index (κ3) is 3.45. The minimum atomic E-state index is 0.180. The highest BCUT2D eigenvalue weighted by Crippen LogP contribution is 2.33. The van der Waals surface area contributed by atoms with Crippen molar-refractivity contribution in [2.45, 2.75) is 37.8 Å². The van der Waals surface area contributed by atoms with Gasteiger partial charge < -0.3 is 15.7 Å². The maximum absolute atomic E-state index is 10.4. The van der Waals surface area contributed by atoms with Crippen LogP contribution >= 0.6 is 0 Å². The molecule has 0 radical (unpaired) electrons. The first kappa shape index (κ1) is 17.2. The number of aromatic amines is 1. The molecule has 0 spiro atoms. The number of rotatable bonds is 5. The lowest BCUT2D eigenvalue weighted by atomic mass is 9.92. The molecule has 4 heterocycles. The number of aromatic nitrogens is 4. The second-order valence-electron chi connectivity index (χ2n) is 7.88. The molecule has 2 aliphatic rings. The van der Waals surface area contributed by atoms with E-state index in [-0.39, 0.29) is 5.75 Å². The summed E-state index contributed by atoms with van der Waals surface area (Å²) in [5.74, 6) is 1.66. The molecule has 0 amide bonds. The monoisotopic (exact) mass is 376 g/mol. The molecule has 2 aliphatic heterocycles. The van der Waals surface area contributed by atoms with Gasteiger partial charge in [-0.3, -0.25) is 5.10 Å². The highest BCUT2D eigenvalue weighted by Gasteiger charge is 2.33. The summed E-state index contributed by atoms with van der Waals surface area (Å²) < 4.78 is 0. The van der Waals surface area contributed by atoms with E-state index in [4.69, 9.17) is 0 Å². The first-order chi connectivity index (χ1) is 13.7. The molecule has 7 heteroatoms. The van der Waals surface area contributed by atoms with E-state index in [1.54, 1.807) is 18.5 Å². The van der Waals surface area contributed by atoms with Gasteiger partial charge in [0.15, 0.2) is 0 Å². The molecule has 2 unspecified atom stereocenters. The Bertz CT molecular complexity index is 928. The molecule has 5 rings (SSSR count). The lowest BCUT2D eigenvalue weighted by Gasteiger charge is -2.29. The van der Waals surface area contributed by atoms with Crippen molar-refractivity contribution in [3.8, 4) is 28.1 Å². The highest BCUT2D eigenvalue weighted by molar-refractivity contribution is 5.73. The topological polar surface area (TPSA) is 98.8 Å². The van der Waals surface area contributed by atoms with E-state index in [1.165, 1.54) is 25.7 Å². The molecule has 28 heavy (non-hydrogen) atoms. The van der Waals surface area contributed by atoms with Crippen LogP contribution in [0.4, 0.5) is 5.82 Å². The third-order valence-corrected chi connectivity index (χ3v) is 5.91. The Balaban J connectivity index is 1.25. The van der Waals surface area contributed by atoms with Gasteiger partial charge in [-0.2, -0.15) is 5.10 Å². The summed E-state index contributed by atoms with van der Waals surface area (Å²) in [4.78, 5) is 0. The minimum Gasteiger partial charge on any atom is -0.507 e. The van der Waals surface area contributed by atoms with Crippen LogP contribution in [-0.4, -0.2) is 44.1 Å². The smallest absolute Gasteiger partial charge is 0.148 e. The van der Waals surface area contributed by atoms with E-state index in [0.717, 1.165) is 23.5 Å². The fraction of sp³-hybridized carbons (Fsp3) is 0.381. The molecule has 144 valence electrons. The fourth-order valence-corrected chi connectivity index (χ4v) is 4.50. The molecule has 0 aliphatic carbocycles. The van der Waals surface area contributed by atoms with Crippen molar-refractivity contribution in [1.29, 1.82) is 0 Å². The van der Waals surface area contributed by atoms with Crippen molar-refractivity contribution in [2.75, 3.05) is 11.9 Å². The summed E-state index contributed by atoms with van der Waals surface area (Å²) in [6.45, 7) is 0.938. The quantitative estimate of drug-likeness (QED) is 0.546. The van der Waals surface area contributed by atoms with Gasteiger partial charge in [-0.05, 0) is 61.4 Å². The summed E-state index contributed by atoms with van der Waals surface area (Å²) in [5, 5.41) is 32.9. The number of phenolic OH excluding ortho intramolecular Hbond substituents is 1. The van der Waals surface area contributed by atoms with Crippen molar-refractivity contribution >= 4 is 5.82 Å². The van der Waals surface area contributed by atoms with Crippen LogP contribution in [-0.2, 0) is 0 Å². The van der Waals surface area contributed by atoms with Crippen LogP contribution in [0.15, 0.2) is 42.7 Å². The third-order valence-electron chi connectivity index (χ3n) is 5.91. The Morgan fingerprint density at radius 2 is 1.89 bits per heavy atom. The molecule has 2 saturated heterocycles. The second kappa shape index (κ2) is 7.24. The van der Waals surface area contributed by atoms with Crippen LogP contribution in [0.25, 0.3) is 22.4 Å². The number of piperidine rings is 1. The van der Waals surface area contributed by atoms with Gasteiger partial charge in [-0.15, -0.1) is 10.2 Å². The van der Waals surface area contributed by atoms with Crippen LogP contribution in [0.3, 0.4) is 0 Å². The van der Waals surface area contributed by atoms with Gasteiger partial charge in [0.25, 0.3) is 0 Å². The molecule has 2 aromatic heterocycles. The van der Waals surface area contributed by atoms with E-state index in [2.05, 4.69) is 31.0 Å². The summed E-state index contributed by atoms with van der Waals surface area (Å²) in [6, 6.07) is 10.8. The zero-order valence-corrected chi connectivity index (χ0v) is 15.6. The number of H-pyrrole nitrogens is 1. The SMILES string of the molecule is Oc1cc(-c2cn[nH]c2)ccc1-c1ccc(NCC2CC3CCC(C2)N3)nn1. The highest BCUT2D eigenvalue weighted by atomic mass is 16.3. The van der Waals surface area contributed by atoms with Gasteiger partial charge in [0.1, 0.15) is 11.6 Å². The second-order valence-corrected chi connectivity index (χ2v) is 7.88. The lowest BCUT2D eigenvalue weighted by molar-refractivity contribution is 0.311. The van der Waals surface area contributed by atoms with Crippen molar-refractivity contribution in [3.05, 3.63) is 42.7 Å². The number of hydrogen-bond donors (Lipinski definition) is 4. The summed E-state index contributed by atoms with van der Waals surface area (Å²) in [6.07, 6.45) is 8.64. The number of aromatic hydroxyl groups is 1. The number of nitrogens with one attached hydrogen (secondary N) is 3. The van der Waals surface area contributed by atoms with Crippen molar-refractivity contribution in [2.24, 2.45) is 5.92 Å². The van der Waals surface area contributed by atoms with Gasteiger partial charge in [0.05, 0.1) is 11.9 Å². The zero-order valence-electron chi connectivity index (χ0n) is 15.6. The molecule has 0 saturated carbocycles. The van der Waals surface area contributed by atoms with Gasteiger partial charge in [-0.1, -0.05) is 6.07 Å². The number of anilines is 1. The molecule has 2 atom stereocenters. The van der Waals surface area contributed by atoms with E-state index >= 15 is 0 Å². The Kier molecular flexibility index (Phi) is 4.44. The molecular formula is C21H24N6O. The zero-order chi connectivity index (χ0) is 18.9. The van der Waals surface area contributed by atoms with Gasteiger partial charge in [0, 0.05) is 36.0 Å². The Morgan fingerprint density at radius 3 is 2.57 bits per heavy atom. The molecular weight excluding hydrogens is 352 g/mol. The molecule has 4 N–H and O–H groups in total. The van der Waals surface area contributed by atoms with E-state index in [9.17, 15) is 5.11 Å². The van der Waals surface area contributed by atoms with Crippen molar-refractivity contribution < 1.29 is 5.11 Å². The number of fused-ring (bicyclic) bond motifs is 2. The average Bonchev–Trinajstić information content (AvgIpc) is 3.37. The number of benzene rings is 1. The number of nitrogens with zero attached hydrogens (tertiary/aromatic N) is 3. The fourth-order valence-electron chi connectivity index (χ4n) is 4.50. The van der Waals surface area contributed by atoms with E-state index < -0.39 is 0 Å². The molecule has 2 bridgehead atoms. The Labute approximate surface area is 163 Å². The summed E-state index contributed by atoms with van der Waals surface area (Å²) in [5.41, 5.74) is 3.15. The van der Waals surface area contributed by atoms with Crippen LogP contribution in [0, 0.1) is 5.92 Å². The molecule has 7 nitrogen and oxygen atoms in total. The summed E-state index contributed by atoms with van der Waals surface area (Å²) >= 11 is 0. The average molecular weight is 376 g/mol. The van der Waals surface area contributed by atoms with Crippen LogP contribution < -0.4 is 10.6 Å². The van der Waals surface area contributed by atoms with Gasteiger partial charge in [-0.25, -0.2) is 0 Å². The standard InChI is InChI=1S/C21H24N6O/c28-20-9-14(15-11-23-24-12-15)1-4-18(20)19-5-6-21(27-26-19)22-10-13-7-16-2-3-17(8-13)25-16/h1,4-6,9,11-13,16-17,25,28H,2-3,7-8,10H2,(H,22,27)(H,23,24). The first-order valence-electron chi connectivity index (χ1n) is 9.91.